The van der Waals surface area contributed by atoms with Crippen LogP contribution < -0.4 is 5.32 Å². The molecule has 0 spiro atoms. The zero-order valence-electron chi connectivity index (χ0n) is 13.9. The van der Waals surface area contributed by atoms with Crippen LogP contribution in [0, 0.1) is 17.3 Å². The first-order valence-corrected chi connectivity index (χ1v) is 8.33. The average molecular weight is 280 g/mol. The summed E-state index contributed by atoms with van der Waals surface area (Å²) in [6.45, 7) is 13.1. The third-order valence-corrected chi connectivity index (χ3v) is 5.35. The van der Waals surface area contributed by atoms with E-state index in [2.05, 4.69) is 44.8 Å². The molecule has 2 aliphatic rings. The zero-order valence-corrected chi connectivity index (χ0v) is 13.9. The molecule has 3 nitrogen and oxygen atoms in total. The van der Waals surface area contributed by atoms with Crippen molar-refractivity contribution in [1.82, 2.24) is 10.2 Å². The minimum absolute atomic E-state index is 0.279. The quantitative estimate of drug-likeness (QED) is 0.800. The average Bonchev–Trinajstić information content (AvgIpc) is 2.40. The third kappa shape index (κ3) is 3.55. The number of amides is 1. The van der Waals surface area contributed by atoms with Crippen LogP contribution in [0.4, 0.5) is 0 Å². The van der Waals surface area contributed by atoms with E-state index in [1.54, 1.807) is 0 Å². The van der Waals surface area contributed by atoms with Gasteiger partial charge in [-0.3, -0.25) is 4.79 Å². The van der Waals surface area contributed by atoms with Crippen LogP contribution in [-0.2, 0) is 4.79 Å². The molecule has 116 valence electrons. The SMILES string of the molecule is CC1CN(C(=O)C2CCC(C(C)(C)C)CC2)C(C)CN1. The standard InChI is InChI=1S/C17H32N2O/c1-12-11-19(13(2)10-18-12)16(20)14-6-8-15(9-7-14)17(3,4)5/h12-15,18H,6-11H2,1-5H3. The predicted octanol–water partition coefficient (Wildman–Crippen LogP) is 3.05. The van der Waals surface area contributed by atoms with Crippen LogP contribution >= 0.6 is 0 Å². The van der Waals surface area contributed by atoms with Crippen molar-refractivity contribution in [2.24, 2.45) is 17.3 Å². The van der Waals surface area contributed by atoms with Crippen LogP contribution in [0.2, 0.25) is 0 Å². The number of nitrogens with zero attached hydrogens (tertiary/aromatic N) is 1. The Hall–Kier alpha value is -0.570. The first-order chi connectivity index (χ1) is 9.29. The fraction of sp³-hybridized carbons (Fsp3) is 0.941. The van der Waals surface area contributed by atoms with Crippen molar-refractivity contribution in [1.29, 1.82) is 0 Å². The summed E-state index contributed by atoms with van der Waals surface area (Å²) in [5, 5.41) is 3.45. The van der Waals surface area contributed by atoms with E-state index < -0.39 is 0 Å². The van der Waals surface area contributed by atoms with E-state index in [9.17, 15) is 4.79 Å². The lowest BCUT2D eigenvalue weighted by molar-refractivity contribution is -0.140. The van der Waals surface area contributed by atoms with E-state index >= 15 is 0 Å². The molecule has 1 aliphatic heterocycles. The van der Waals surface area contributed by atoms with Gasteiger partial charge in [-0.25, -0.2) is 0 Å². The second-order valence-electron chi connectivity index (χ2n) is 8.06. The smallest absolute Gasteiger partial charge is 0.226 e. The van der Waals surface area contributed by atoms with Crippen LogP contribution in [0.25, 0.3) is 0 Å². The van der Waals surface area contributed by atoms with Gasteiger partial charge in [0.05, 0.1) is 0 Å². The fourth-order valence-corrected chi connectivity index (χ4v) is 3.77. The summed E-state index contributed by atoms with van der Waals surface area (Å²) in [5.74, 6) is 1.48. The molecule has 0 radical (unpaired) electrons. The predicted molar refractivity (Wildman–Crippen MR) is 83.5 cm³/mol. The topological polar surface area (TPSA) is 32.3 Å². The molecule has 1 amide bonds. The number of nitrogens with one attached hydrogen (secondary N) is 1. The lowest BCUT2D eigenvalue weighted by atomic mass is 9.69. The van der Waals surface area contributed by atoms with Crippen LogP contribution in [0.1, 0.15) is 60.3 Å². The Bertz CT molecular complexity index is 339. The van der Waals surface area contributed by atoms with E-state index in [4.69, 9.17) is 0 Å². The Balaban J connectivity index is 1.91. The van der Waals surface area contributed by atoms with Gasteiger partial charge in [0, 0.05) is 31.1 Å². The molecule has 2 rings (SSSR count). The summed E-state index contributed by atoms with van der Waals surface area (Å²) in [4.78, 5) is 14.9. The van der Waals surface area contributed by atoms with Gasteiger partial charge in [0.1, 0.15) is 0 Å². The molecule has 1 heterocycles. The molecule has 1 N–H and O–H groups in total. The van der Waals surface area contributed by atoms with Gasteiger partial charge in [0.15, 0.2) is 0 Å². The Morgan fingerprint density at radius 2 is 1.70 bits per heavy atom. The lowest BCUT2D eigenvalue weighted by Crippen LogP contribution is -2.57. The van der Waals surface area contributed by atoms with Gasteiger partial charge in [-0.2, -0.15) is 0 Å². The highest BCUT2D eigenvalue weighted by Gasteiger charge is 2.36. The minimum Gasteiger partial charge on any atom is -0.337 e. The Morgan fingerprint density at radius 3 is 2.25 bits per heavy atom. The molecule has 2 unspecified atom stereocenters. The van der Waals surface area contributed by atoms with E-state index in [1.807, 2.05) is 0 Å². The highest BCUT2D eigenvalue weighted by Crippen LogP contribution is 2.40. The van der Waals surface area contributed by atoms with Crippen molar-refractivity contribution >= 4 is 5.91 Å². The van der Waals surface area contributed by atoms with Crippen LogP contribution in [-0.4, -0.2) is 36.0 Å². The van der Waals surface area contributed by atoms with E-state index in [0.29, 0.717) is 23.4 Å². The number of carbonyl (C=O) groups excluding carboxylic acids is 1. The van der Waals surface area contributed by atoms with Crippen molar-refractivity contribution in [3.05, 3.63) is 0 Å². The highest BCUT2D eigenvalue weighted by molar-refractivity contribution is 5.79. The third-order valence-electron chi connectivity index (χ3n) is 5.35. The van der Waals surface area contributed by atoms with Crippen molar-refractivity contribution in [3.63, 3.8) is 0 Å². The van der Waals surface area contributed by atoms with Crippen molar-refractivity contribution in [3.8, 4) is 0 Å². The molecule has 0 aromatic heterocycles. The normalized spacial score (nSPS) is 36.0. The monoisotopic (exact) mass is 280 g/mol. The van der Waals surface area contributed by atoms with Gasteiger partial charge in [-0.05, 0) is 50.9 Å². The van der Waals surface area contributed by atoms with Gasteiger partial charge in [0.25, 0.3) is 0 Å². The van der Waals surface area contributed by atoms with Crippen LogP contribution in [0.15, 0.2) is 0 Å². The molecule has 2 atom stereocenters. The molecule has 3 heteroatoms. The van der Waals surface area contributed by atoms with E-state index in [1.165, 1.54) is 12.8 Å². The second kappa shape index (κ2) is 6.05. The zero-order chi connectivity index (χ0) is 14.9. The van der Waals surface area contributed by atoms with Crippen LogP contribution in [0.3, 0.4) is 0 Å². The number of piperazine rings is 1. The van der Waals surface area contributed by atoms with Gasteiger partial charge in [-0.15, -0.1) is 0 Å². The minimum atomic E-state index is 0.279. The summed E-state index contributed by atoms with van der Waals surface area (Å²) < 4.78 is 0. The maximum atomic E-state index is 12.8. The van der Waals surface area contributed by atoms with Crippen molar-refractivity contribution in [2.45, 2.75) is 72.4 Å². The summed E-state index contributed by atoms with van der Waals surface area (Å²) >= 11 is 0. The molecule has 1 saturated heterocycles. The maximum Gasteiger partial charge on any atom is 0.226 e. The number of hydrogen-bond acceptors (Lipinski definition) is 2. The highest BCUT2D eigenvalue weighted by atomic mass is 16.2. The summed E-state index contributed by atoms with van der Waals surface area (Å²) in [7, 11) is 0. The first kappa shape index (κ1) is 15.8. The Labute approximate surface area is 124 Å². The Kier molecular flexibility index (Phi) is 4.78. The molecule has 20 heavy (non-hydrogen) atoms. The van der Waals surface area contributed by atoms with Crippen molar-refractivity contribution < 1.29 is 4.79 Å². The number of rotatable bonds is 1. The summed E-state index contributed by atoms with van der Waals surface area (Å²) in [5.41, 5.74) is 0.394. The van der Waals surface area contributed by atoms with Gasteiger partial charge >= 0.3 is 0 Å². The van der Waals surface area contributed by atoms with Crippen molar-refractivity contribution in [2.75, 3.05) is 13.1 Å². The molecule has 1 aliphatic carbocycles. The molecule has 2 fully saturated rings. The lowest BCUT2D eigenvalue weighted by Gasteiger charge is -2.42. The molecule has 0 aromatic rings. The molecule has 0 aromatic carbocycles. The van der Waals surface area contributed by atoms with Gasteiger partial charge in [-0.1, -0.05) is 20.8 Å². The first-order valence-electron chi connectivity index (χ1n) is 8.33. The Morgan fingerprint density at radius 1 is 1.10 bits per heavy atom. The second-order valence-corrected chi connectivity index (χ2v) is 8.06. The number of hydrogen-bond donors (Lipinski definition) is 1. The number of carbonyl (C=O) groups is 1. The molecular weight excluding hydrogens is 248 g/mol. The maximum absolute atomic E-state index is 12.8. The summed E-state index contributed by atoms with van der Waals surface area (Å²) in [6, 6.07) is 0.778. The molecule has 1 saturated carbocycles. The van der Waals surface area contributed by atoms with Gasteiger partial charge < -0.3 is 10.2 Å². The van der Waals surface area contributed by atoms with E-state index in [-0.39, 0.29) is 5.92 Å². The fourth-order valence-electron chi connectivity index (χ4n) is 3.77. The largest absolute Gasteiger partial charge is 0.337 e. The molecular formula is C17H32N2O. The van der Waals surface area contributed by atoms with Crippen LogP contribution in [0.5, 0.6) is 0 Å². The summed E-state index contributed by atoms with van der Waals surface area (Å²) in [6.07, 6.45) is 4.61. The molecule has 0 bridgehead atoms. The van der Waals surface area contributed by atoms with E-state index in [0.717, 1.165) is 31.8 Å². The van der Waals surface area contributed by atoms with Gasteiger partial charge in [0.2, 0.25) is 5.91 Å².